The molecule has 16 heavy (non-hydrogen) atoms. The van der Waals surface area contributed by atoms with Gasteiger partial charge >= 0.3 is 12.0 Å². The number of carboxylic acids is 1. The summed E-state index contributed by atoms with van der Waals surface area (Å²) in [6.07, 6.45) is 3.36. The van der Waals surface area contributed by atoms with E-state index in [9.17, 15) is 9.59 Å². The molecule has 0 aromatic heterocycles. The quantitative estimate of drug-likeness (QED) is 0.459. The van der Waals surface area contributed by atoms with Crippen LogP contribution in [0.3, 0.4) is 0 Å². The monoisotopic (exact) mass is 229 g/mol. The van der Waals surface area contributed by atoms with Crippen molar-refractivity contribution in [3.05, 3.63) is 0 Å². The van der Waals surface area contributed by atoms with E-state index in [0.29, 0.717) is 12.6 Å². The number of hydrogen-bond acceptors (Lipinski definition) is 3. The van der Waals surface area contributed by atoms with Crippen LogP contribution in [-0.4, -0.2) is 42.3 Å². The molecule has 0 saturated heterocycles. The SMILES string of the molecule is C[C@H](NC(=O)NCCCNC1CC1)C(=O)O. The molecule has 6 nitrogen and oxygen atoms in total. The first-order valence-corrected chi connectivity index (χ1v) is 5.60. The van der Waals surface area contributed by atoms with Crippen LogP contribution in [0.4, 0.5) is 4.79 Å². The molecule has 92 valence electrons. The van der Waals surface area contributed by atoms with Crippen molar-refractivity contribution in [2.45, 2.75) is 38.3 Å². The van der Waals surface area contributed by atoms with E-state index < -0.39 is 18.0 Å². The van der Waals surface area contributed by atoms with Gasteiger partial charge in [-0.15, -0.1) is 0 Å². The number of urea groups is 1. The third kappa shape index (κ3) is 5.55. The van der Waals surface area contributed by atoms with Crippen molar-refractivity contribution < 1.29 is 14.7 Å². The van der Waals surface area contributed by atoms with Gasteiger partial charge in [0.15, 0.2) is 0 Å². The summed E-state index contributed by atoms with van der Waals surface area (Å²) in [5, 5.41) is 16.8. The Bertz CT molecular complexity index is 254. The molecule has 1 saturated carbocycles. The van der Waals surface area contributed by atoms with E-state index >= 15 is 0 Å². The van der Waals surface area contributed by atoms with Crippen molar-refractivity contribution >= 4 is 12.0 Å². The standard InChI is InChI=1S/C10H19N3O3/c1-7(9(14)15)13-10(16)12-6-2-5-11-8-3-4-8/h7-8,11H,2-6H2,1H3,(H,14,15)(H2,12,13,16)/t7-/m0/s1. The zero-order valence-electron chi connectivity index (χ0n) is 9.45. The summed E-state index contributed by atoms with van der Waals surface area (Å²) >= 11 is 0. The minimum absolute atomic E-state index is 0.429. The Kier molecular flexibility index (Phi) is 5.04. The summed E-state index contributed by atoms with van der Waals surface area (Å²) in [5.74, 6) is -1.04. The Morgan fingerprint density at radius 3 is 2.62 bits per heavy atom. The molecule has 1 rings (SSSR count). The average molecular weight is 229 g/mol. The molecule has 0 radical (unpaired) electrons. The maximum atomic E-state index is 11.2. The summed E-state index contributed by atoms with van der Waals surface area (Å²) in [7, 11) is 0. The van der Waals surface area contributed by atoms with Gasteiger partial charge in [0.25, 0.3) is 0 Å². The Labute approximate surface area is 94.8 Å². The number of carbonyl (C=O) groups is 2. The minimum atomic E-state index is -1.04. The zero-order valence-corrected chi connectivity index (χ0v) is 9.45. The van der Waals surface area contributed by atoms with Gasteiger partial charge in [0.05, 0.1) is 0 Å². The van der Waals surface area contributed by atoms with Gasteiger partial charge in [0, 0.05) is 12.6 Å². The highest BCUT2D eigenvalue weighted by atomic mass is 16.4. The van der Waals surface area contributed by atoms with E-state index in [0.717, 1.165) is 13.0 Å². The summed E-state index contributed by atoms with van der Waals surface area (Å²) in [5.41, 5.74) is 0. The normalized spacial score (nSPS) is 16.6. The first-order chi connectivity index (χ1) is 7.59. The van der Waals surface area contributed by atoms with Crippen LogP contribution >= 0.6 is 0 Å². The summed E-state index contributed by atoms with van der Waals surface area (Å²) in [6, 6.07) is -0.605. The van der Waals surface area contributed by atoms with Gasteiger partial charge in [-0.1, -0.05) is 0 Å². The second-order valence-electron chi connectivity index (χ2n) is 4.04. The van der Waals surface area contributed by atoms with Crippen molar-refractivity contribution in [3.63, 3.8) is 0 Å². The van der Waals surface area contributed by atoms with E-state index in [1.165, 1.54) is 19.8 Å². The van der Waals surface area contributed by atoms with Gasteiger partial charge in [-0.2, -0.15) is 0 Å². The van der Waals surface area contributed by atoms with E-state index in [1.54, 1.807) is 0 Å². The van der Waals surface area contributed by atoms with E-state index in [1.807, 2.05) is 0 Å². The minimum Gasteiger partial charge on any atom is -0.480 e. The van der Waals surface area contributed by atoms with Crippen LogP contribution in [0.25, 0.3) is 0 Å². The smallest absolute Gasteiger partial charge is 0.325 e. The third-order valence-electron chi connectivity index (χ3n) is 2.37. The molecule has 1 aliphatic rings. The Hall–Kier alpha value is -1.30. The molecule has 6 heteroatoms. The largest absolute Gasteiger partial charge is 0.480 e. The number of hydrogen-bond donors (Lipinski definition) is 4. The molecule has 2 amide bonds. The molecule has 1 atom stereocenters. The number of nitrogens with one attached hydrogen (secondary N) is 3. The number of rotatable bonds is 7. The van der Waals surface area contributed by atoms with Gasteiger partial charge in [0.2, 0.25) is 0 Å². The predicted octanol–water partition coefficient (Wildman–Crippen LogP) is -0.0992. The molecule has 0 unspecified atom stereocenters. The van der Waals surface area contributed by atoms with Crippen molar-refractivity contribution in [1.29, 1.82) is 0 Å². The van der Waals surface area contributed by atoms with Crippen molar-refractivity contribution in [2.75, 3.05) is 13.1 Å². The molecule has 1 fully saturated rings. The van der Waals surface area contributed by atoms with Crippen LogP contribution in [0.1, 0.15) is 26.2 Å². The lowest BCUT2D eigenvalue weighted by atomic mass is 10.3. The van der Waals surface area contributed by atoms with Gasteiger partial charge in [-0.05, 0) is 32.7 Å². The molecule has 0 aromatic rings. The lowest BCUT2D eigenvalue weighted by Gasteiger charge is -2.10. The third-order valence-corrected chi connectivity index (χ3v) is 2.37. The fourth-order valence-corrected chi connectivity index (χ4v) is 1.19. The van der Waals surface area contributed by atoms with Crippen LogP contribution in [0.5, 0.6) is 0 Å². The van der Waals surface area contributed by atoms with Gasteiger partial charge in [-0.25, -0.2) is 4.79 Å². The van der Waals surface area contributed by atoms with E-state index in [2.05, 4.69) is 16.0 Å². The molecule has 4 N–H and O–H groups in total. The van der Waals surface area contributed by atoms with Gasteiger partial charge in [0.1, 0.15) is 6.04 Å². The van der Waals surface area contributed by atoms with Crippen molar-refractivity contribution in [3.8, 4) is 0 Å². The molecular formula is C10H19N3O3. The van der Waals surface area contributed by atoms with Crippen LogP contribution < -0.4 is 16.0 Å². The number of aliphatic carboxylic acids is 1. The average Bonchev–Trinajstić information content (AvgIpc) is 3.00. The lowest BCUT2D eigenvalue weighted by Crippen LogP contribution is -2.44. The first kappa shape index (κ1) is 12.8. The highest BCUT2D eigenvalue weighted by Crippen LogP contribution is 2.18. The van der Waals surface area contributed by atoms with Crippen LogP contribution in [0.15, 0.2) is 0 Å². The molecule has 1 aliphatic carbocycles. The highest BCUT2D eigenvalue weighted by molar-refractivity contribution is 5.82. The second kappa shape index (κ2) is 6.32. The maximum Gasteiger partial charge on any atom is 0.325 e. The summed E-state index contributed by atoms with van der Waals surface area (Å²) in [6.45, 7) is 2.87. The van der Waals surface area contributed by atoms with E-state index in [-0.39, 0.29) is 0 Å². The summed E-state index contributed by atoms with van der Waals surface area (Å²) in [4.78, 5) is 21.6. The number of carbonyl (C=O) groups excluding carboxylic acids is 1. The molecule has 0 spiro atoms. The second-order valence-corrected chi connectivity index (χ2v) is 4.04. The topological polar surface area (TPSA) is 90.5 Å². The summed E-state index contributed by atoms with van der Waals surface area (Å²) < 4.78 is 0. The van der Waals surface area contributed by atoms with E-state index in [4.69, 9.17) is 5.11 Å². The molecule has 0 heterocycles. The molecule has 0 bridgehead atoms. The first-order valence-electron chi connectivity index (χ1n) is 5.60. The number of amides is 2. The van der Waals surface area contributed by atoms with Gasteiger partial charge in [-0.3, -0.25) is 4.79 Å². The molecule has 0 aliphatic heterocycles. The van der Waals surface area contributed by atoms with Crippen LogP contribution in [-0.2, 0) is 4.79 Å². The fourth-order valence-electron chi connectivity index (χ4n) is 1.19. The molecular weight excluding hydrogens is 210 g/mol. The fraction of sp³-hybridized carbons (Fsp3) is 0.800. The lowest BCUT2D eigenvalue weighted by molar-refractivity contribution is -0.138. The maximum absolute atomic E-state index is 11.2. The Morgan fingerprint density at radius 2 is 2.06 bits per heavy atom. The van der Waals surface area contributed by atoms with Gasteiger partial charge < -0.3 is 21.1 Å². The predicted molar refractivity (Wildman–Crippen MR) is 59.3 cm³/mol. The molecule has 0 aromatic carbocycles. The zero-order chi connectivity index (χ0) is 12.0. The number of carboxylic acid groups (broad SMARTS) is 1. The van der Waals surface area contributed by atoms with Crippen LogP contribution in [0.2, 0.25) is 0 Å². The van der Waals surface area contributed by atoms with Crippen LogP contribution in [0, 0.1) is 0 Å². The highest BCUT2D eigenvalue weighted by Gasteiger charge is 2.19. The van der Waals surface area contributed by atoms with Crippen molar-refractivity contribution in [1.82, 2.24) is 16.0 Å². The van der Waals surface area contributed by atoms with Crippen molar-refractivity contribution in [2.24, 2.45) is 0 Å². The Morgan fingerprint density at radius 1 is 1.38 bits per heavy atom. The Balaban J connectivity index is 1.94.